The molecule has 0 aromatic carbocycles. The molecule has 0 bridgehead atoms. The van der Waals surface area contributed by atoms with Crippen LogP contribution in [-0.4, -0.2) is 42.3 Å². The van der Waals surface area contributed by atoms with E-state index >= 15 is 0 Å². The van der Waals surface area contributed by atoms with Crippen molar-refractivity contribution in [2.24, 2.45) is 5.41 Å². The van der Waals surface area contributed by atoms with Crippen molar-refractivity contribution in [2.75, 3.05) is 13.7 Å². The van der Waals surface area contributed by atoms with Crippen molar-refractivity contribution < 1.29 is 24.1 Å². The van der Waals surface area contributed by atoms with Crippen LogP contribution in [0.4, 0.5) is 4.39 Å². The molecule has 1 heterocycles. The fourth-order valence-electron chi connectivity index (χ4n) is 2.37. The van der Waals surface area contributed by atoms with Gasteiger partial charge >= 0.3 is 0 Å². The van der Waals surface area contributed by atoms with E-state index in [1.54, 1.807) is 13.2 Å². The van der Waals surface area contributed by atoms with Gasteiger partial charge < -0.3 is 19.7 Å². The standard InChI is InChI=1S/C10H18O2.C9H13FO2.C2H6/c1-7(2)8(12-4)9(11)10(3)5-6-10;1-6-3-4-12-8(5-6)9(11)7(2)10;1-2/h9,11H,5-6H2,1-4H3;3,5,7,9,11H,4H2,1-2H3;1-2H3. The molecule has 0 saturated heterocycles. The first kappa shape index (κ1) is 24.7. The average molecular weight is 373 g/mol. The highest BCUT2D eigenvalue weighted by Gasteiger charge is 2.46. The SMILES string of the molecule is CC.CC1=CCOC(C(O)C(C)F)=C1.COC(=C(C)C)C(O)C1(C)CC1. The first-order valence-corrected chi connectivity index (χ1v) is 9.35. The number of rotatable bonds is 5. The van der Waals surface area contributed by atoms with Gasteiger partial charge in [-0.15, -0.1) is 0 Å². The molecule has 2 rings (SSSR count). The zero-order valence-electron chi connectivity index (χ0n) is 17.6. The molecule has 2 aliphatic rings. The van der Waals surface area contributed by atoms with E-state index < -0.39 is 18.4 Å². The van der Waals surface area contributed by atoms with Crippen molar-refractivity contribution in [3.63, 3.8) is 0 Å². The predicted octanol–water partition coefficient (Wildman–Crippen LogP) is 4.68. The molecule has 0 radical (unpaired) electrons. The molecule has 1 aliphatic carbocycles. The molecule has 152 valence electrons. The maximum Gasteiger partial charge on any atom is 0.142 e. The van der Waals surface area contributed by atoms with E-state index in [1.165, 1.54) is 6.92 Å². The van der Waals surface area contributed by atoms with Gasteiger partial charge in [0.05, 0.1) is 7.11 Å². The highest BCUT2D eigenvalue weighted by Crippen LogP contribution is 2.50. The molecule has 5 heteroatoms. The van der Waals surface area contributed by atoms with Crippen molar-refractivity contribution in [3.8, 4) is 0 Å². The monoisotopic (exact) mass is 372 g/mol. The third-order valence-corrected chi connectivity index (χ3v) is 4.41. The summed E-state index contributed by atoms with van der Waals surface area (Å²) in [7, 11) is 1.62. The van der Waals surface area contributed by atoms with Gasteiger partial charge in [-0.2, -0.15) is 0 Å². The van der Waals surface area contributed by atoms with Gasteiger partial charge in [0.25, 0.3) is 0 Å². The zero-order chi connectivity index (χ0) is 20.5. The predicted molar refractivity (Wildman–Crippen MR) is 104 cm³/mol. The van der Waals surface area contributed by atoms with Gasteiger partial charge in [0.1, 0.15) is 36.5 Å². The number of allylic oxidation sites excluding steroid dienone is 3. The van der Waals surface area contributed by atoms with Gasteiger partial charge in [-0.05, 0) is 63.8 Å². The Balaban J connectivity index is 0.000000439. The maximum absolute atomic E-state index is 12.6. The normalized spacial score (nSPS) is 20.3. The van der Waals surface area contributed by atoms with Gasteiger partial charge in [0.2, 0.25) is 0 Å². The minimum Gasteiger partial charge on any atom is -0.498 e. The van der Waals surface area contributed by atoms with Crippen LogP contribution < -0.4 is 0 Å². The Kier molecular flexibility index (Phi) is 10.8. The molecule has 1 fully saturated rings. The van der Waals surface area contributed by atoms with Crippen LogP contribution in [0.15, 0.2) is 34.8 Å². The molecule has 0 aromatic heterocycles. The van der Waals surface area contributed by atoms with Gasteiger partial charge in [0, 0.05) is 5.41 Å². The minimum absolute atomic E-state index is 0.0859. The lowest BCUT2D eigenvalue weighted by Gasteiger charge is -2.21. The van der Waals surface area contributed by atoms with Gasteiger partial charge in [0.15, 0.2) is 0 Å². The Bertz CT molecular complexity index is 512. The molecule has 3 atom stereocenters. The van der Waals surface area contributed by atoms with Crippen molar-refractivity contribution in [1.82, 2.24) is 0 Å². The zero-order valence-corrected chi connectivity index (χ0v) is 17.6. The molecule has 0 spiro atoms. The molecule has 26 heavy (non-hydrogen) atoms. The quantitative estimate of drug-likeness (QED) is 0.688. The Labute approximate surface area is 158 Å². The number of hydrogen-bond acceptors (Lipinski definition) is 4. The van der Waals surface area contributed by atoms with E-state index in [-0.39, 0.29) is 5.41 Å². The van der Waals surface area contributed by atoms with E-state index in [0.717, 1.165) is 29.7 Å². The third-order valence-electron chi connectivity index (χ3n) is 4.41. The number of aliphatic hydroxyl groups excluding tert-OH is 2. The second-order valence-electron chi connectivity index (χ2n) is 7.05. The molecule has 2 N–H and O–H groups in total. The Morgan fingerprint density at radius 3 is 2.15 bits per heavy atom. The summed E-state index contributed by atoms with van der Waals surface area (Å²) in [5, 5.41) is 19.2. The number of alkyl halides is 1. The van der Waals surface area contributed by atoms with Crippen LogP contribution in [0.25, 0.3) is 0 Å². The fourth-order valence-corrected chi connectivity index (χ4v) is 2.37. The number of ether oxygens (including phenoxy) is 2. The second-order valence-corrected chi connectivity index (χ2v) is 7.05. The first-order chi connectivity index (χ1) is 12.1. The summed E-state index contributed by atoms with van der Waals surface area (Å²) in [6, 6.07) is 0. The van der Waals surface area contributed by atoms with E-state index in [0.29, 0.717) is 12.4 Å². The van der Waals surface area contributed by atoms with Gasteiger partial charge in [-0.25, -0.2) is 4.39 Å². The van der Waals surface area contributed by atoms with E-state index in [4.69, 9.17) is 9.47 Å². The summed E-state index contributed by atoms with van der Waals surface area (Å²) >= 11 is 0. The largest absolute Gasteiger partial charge is 0.498 e. The summed E-state index contributed by atoms with van der Waals surface area (Å²) in [6.45, 7) is 13.6. The smallest absolute Gasteiger partial charge is 0.142 e. The number of hydrogen-bond donors (Lipinski definition) is 2. The van der Waals surface area contributed by atoms with Gasteiger partial charge in [-0.3, -0.25) is 0 Å². The highest BCUT2D eigenvalue weighted by atomic mass is 19.1. The minimum atomic E-state index is -1.29. The van der Waals surface area contributed by atoms with Crippen LogP contribution >= 0.6 is 0 Å². The summed E-state index contributed by atoms with van der Waals surface area (Å²) in [5.41, 5.74) is 2.15. The lowest BCUT2D eigenvalue weighted by molar-refractivity contribution is 0.0570. The summed E-state index contributed by atoms with van der Waals surface area (Å²) < 4.78 is 22.9. The lowest BCUT2D eigenvalue weighted by atomic mass is 9.98. The Morgan fingerprint density at radius 1 is 1.27 bits per heavy atom. The van der Waals surface area contributed by atoms with E-state index in [2.05, 4.69) is 6.92 Å². The van der Waals surface area contributed by atoms with Crippen LogP contribution in [0.3, 0.4) is 0 Å². The van der Waals surface area contributed by atoms with Crippen LogP contribution in [0.2, 0.25) is 0 Å². The third kappa shape index (κ3) is 7.50. The van der Waals surface area contributed by atoms with Gasteiger partial charge in [-0.1, -0.05) is 20.8 Å². The van der Waals surface area contributed by atoms with Crippen LogP contribution in [0, 0.1) is 5.41 Å². The molecule has 4 nitrogen and oxygen atoms in total. The molecule has 0 amide bonds. The Morgan fingerprint density at radius 2 is 1.81 bits per heavy atom. The van der Waals surface area contributed by atoms with Crippen molar-refractivity contribution >= 4 is 0 Å². The summed E-state index contributed by atoms with van der Waals surface area (Å²) in [5.74, 6) is 1.07. The van der Waals surface area contributed by atoms with E-state index in [1.807, 2.05) is 40.7 Å². The summed E-state index contributed by atoms with van der Waals surface area (Å²) in [4.78, 5) is 0. The van der Waals surface area contributed by atoms with Crippen molar-refractivity contribution in [1.29, 1.82) is 0 Å². The number of aliphatic hydroxyl groups is 2. The second kappa shape index (κ2) is 11.4. The molecule has 3 unspecified atom stereocenters. The van der Waals surface area contributed by atoms with Crippen molar-refractivity contribution in [3.05, 3.63) is 34.8 Å². The Hall–Kier alpha value is -1.33. The molecule has 1 aliphatic heterocycles. The fraction of sp³-hybridized carbons (Fsp3) is 0.714. The van der Waals surface area contributed by atoms with Crippen LogP contribution in [-0.2, 0) is 9.47 Å². The van der Waals surface area contributed by atoms with Crippen LogP contribution in [0.5, 0.6) is 0 Å². The maximum atomic E-state index is 12.6. The van der Waals surface area contributed by atoms with Crippen molar-refractivity contribution in [2.45, 2.75) is 79.7 Å². The average Bonchev–Trinajstić information content (AvgIpc) is 3.35. The summed E-state index contributed by atoms with van der Waals surface area (Å²) in [6.07, 6.45) is 2.91. The van der Waals surface area contributed by atoms with E-state index in [9.17, 15) is 14.6 Å². The lowest BCUT2D eigenvalue weighted by Crippen LogP contribution is -2.24. The number of methoxy groups -OCH3 is 1. The molecular formula is C21H37FO4. The molecule has 1 saturated carbocycles. The topological polar surface area (TPSA) is 58.9 Å². The first-order valence-electron chi connectivity index (χ1n) is 9.35. The number of halogens is 1. The highest BCUT2D eigenvalue weighted by molar-refractivity contribution is 5.24. The molecule has 0 aromatic rings. The molecular weight excluding hydrogens is 335 g/mol. The van der Waals surface area contributed by atoms with Crippen LogP contribution in [0.1, 0.15) is 61.3 Å².